The monoisotopic (exact) mass is 298 g/mol. The molecule has 0 spiro atoms. The van der Waals surface area contributed by atoms with Gasteiger partial charge in [-0.1, -0.05) is 28.1 Å². The first-order valence-corrected chi connectivity index (χ1v) is 6.08. The highest BCUT2D eigenvalue weighted by molar-refractivity contribution is 9.10. The van der Waals surface area contributed by atoms with Crippen LogP contribution in [0.4, 0.5) is 0 Å². The van der Waals surface area contributed by atoms with E-state index in [4.69, 9.17) is 4.74 Å². The Kier molecular flexibility index (Phi) is 4.46. The van der Waals surface area contributed by atoms with E-state index in [9.17, 15) is 9.59 Å². The van der Waals surface area contributed by atoms with Crippen molar-refractivity contribution < 1.29 is 14.3 Å². The summed E-state index contributed by atoms with van der Waals surface area (Å²) in [7, 11) is 0. The van der Waals surface area contributed by atoms with E-state index < -0.39 is 11.6 Å². The van der Waals surface area contributed by atoms with Crippen molar-refractivity contribution in [1.82, 2.24) is 0 Å². The van der Waals surface area contributed by atoms with E-state index >= 15 is 0 Å². The molecule has 1 aromatic carbocycles. The third-order valence-corrected chi connectivity index (χ3v) is 2.42. The molecule has 0 N–H and O–H groups in total. The molecule has 0 bridgehead atoms. The summed E-state index contributed by atoms with van der Waals surface area (Å²) in [5.41, 5.74) is -0.0454. The molecule has 92 valence electrons. The van der Waals surface area contributed by atoms with Crippen LogP contribution in [0.1, 0.15) is 37.6 Å². The Labute approximate surface area is 109 Å². The van der Waals surface area contributed by atoms with Crippen LogP contribution < -0.4 is 0 Å². The third kappa shape index (κ3) is 5.13. The number of rotatable bonds is 3. The molecule has 0 fully saturated rings. The van der Waals surface area contributed by atoms with Crippen molar-refractivity contribution >= 4 is 27.7 Å². The maximum absolute atomic E-state index is 11.7. The van der Waals surface area contributed by atoms with Crippen molar-refractivity contribution in [2.24, 2.45) is 0 Å². The van der Waals surface area contributed by atoms with Crippen LogP contribution in [0.2, 0.25) is 0 Å². The number of hydrogen-bond donors (Lipinski definition) is 0. The molecule has 0 aliphatic rings. The number of carbonyl (C=O) groups excluding carboxylic acids is 2. The number of hydrogen-bond acceptors (Lipinski definition) is 3. The molecule has 0 aliphatic heterocycles. The molecule has 0 atom stereocenters. The SMILES string of the molecule is CC(C)(C)OC(=O)CC(=O)c1ccc(Br)cc1. The lowest BCUT2D eigenvalue weighted by molar-refractivity contribution is -0.153. The van der Waals surface area contributed by atoms with E-state index in [-0.39, 0.29) is 12.2 Å². The molecular formula is C13H15BrO3. The fraction of sp³-hybridized carbons (Fsp3) is 0.385. The summed E-state index contributed by atoms with van der Waals surface area (Å²) < 4.78 is 5.98. The number of ether oxygens (including phenoxy) is 1. The second-order valence-corrected chi connectivity index (χ2v) is 5.61. The topological polar surface area (TPSA) is 43.4 Å². The van der Waals surface area contributed by atoms with Crippen LogP contribution in [-0.2, 0) is 9.53 Å². The molecule has 17 heavy (non-hydrogen) atoms. The Morgan fingerprint density at radius 3 is 2.18 bits per heavy atom. The van der Waals surface area contributed by atoms with E-state index in [1.54, 1.807) is 45.0 Å². The predicted octanol–water partition coefficient (Wildman–Crippen LogP) is 3.36. The zero-order valence-corrected chi connectivity index (χ0v) is 11.7. The van der Waals surface area contributed by atoms with Gasteiger partial charge in [0.05, 0.1) is 0 Å². The van der Waals surface area contributed by atoms with E-state index in [0.29, 0.717) is 5.56 Å². The lowest BCUT2D eigenvalue weighted by atomic mass is 10.1. The van der Waals surface area contributed by atoms with Gasteiger partial charge in [-0.05, 0) is 32.9 Å². The Balaban J connectivity index is 2.61. The number of esters is 1. The highest BCUT2D eigenvalue weighted by atomic mass is 79.9. The predicted molar refractivity (Wildman–Crippen MR) is 68.9 cm³/mol. The van der Waals surface area contributed by atoms with Gasteiger partial charge in [-0.25, -0.2) is 0 Å². The smallest absolute Gasteiger partial charge is 0.314 e. The molecule has 1 aromatic rings. The van der Waals surface area contributed by atoms with Gasteiger partial charge in [-0.3, -0.25) is 9.59 Å². The third-order valence-electron chi connectivity index (χ3n) is 1.89. The average molecular weight is 299 g/mol. The molecule has 4 heteroatoms. The van der Waals surface area contributed by atoms with Gasteiger partial charge in [0.2, 0.25) is 0 Å². The first-order valence-electron chi connectivity index (χ1n) is 5.28. The normalized spacial score (nSPS) is 11.1. The van der Waals surface area contributed by atoms with Crippen LogP contribution in [0.3, 0.4) is 0 Å². The number of halogens is 1. The first-order chi connectivity index (χ1) is 7.78. The van der Waals surface area contributed by atoms with Gasteiger partial charge >= 0.3 is 5.97 Å². The number of ketones is 1. The summed E-state index contributed by atoms with van der Waals surface area (Å²) in [6.45, 7) is 5.32. The fourth-order valence-electron chi connectivity index (χ4n) is 1.25. The molecule has 0 saturated heterocycles. The molecule has 0 aromatic heterocycles. The highest BCUT2D eigenvalue weighted by Gasteiger charge is 2.19. The summed E-state index contributed by atoms with van der Waals surface area (Å²) in [6.07, 6.45) is -0.223. The van der Waals surface area contributed by atoms with Crippen molar-refractivity contribution in [3.8, 4) is 0 Å². The van der Waals surface area contributed by atoms with Crippen molar-refractivity contribution in [1.29, 1.82) is 0 Å². The maximum atomic E-state index is 11.7. The summed E-state index contributed by atoms with van der Waals surface area (Å²) in [5, 5.41) is 0. The number of carbonyl (C=O) groups is 2. The molecule has 0 saturated carbocycles. The van der Waals surface area contributed by atoms with Crippen LogP contribution in [0.15, 0.2) is 28.7 Å². The molecule has 0 unspecified atom stereocenters. The standard InChI is InChI=1S/C13H15BrO3/c1-13(2,3)17-12(16)8-11(15)9-4-6-10(14)7-5-9/h4-7H,8H2,1-3H3. The maximum Gasteiger partial charge on any atom is 0.314 e. The Hall–Kier alpha value is -1.16. The van der Waals surface area contributed by atoms with Crippen LogP contribution >= 0.6 is 15.9 Å². The summed E-state index contributed by atoms with van der Waals surface area (Å²) in [6, 6.07) is 6.89. The zero-order chi connectivity index (χ0) is 13.1. The van der Waals surface area contributed by atoms with Crippen LogP contribution in [-0.4, -0.2) is 17.4 Å². The van der Waals surface area contributed by atoms with Crippen molar-refractivity contribution in [3.63, 3.8) is 0 Å². The quantitative estimate of drug-likeness (QED) is 0.488. The van der Waals surface area contributed by atoms with Gasteiger partial charge in [0.1, 0.15) is 12.0 Å². The van der Waals surface area contributed by atoms with Gasteiger partial charge in [-0.2, -0.15) is 0 Å². The Bertz CT molecular complexity index is 415. The number of Topliss-reactive ketones (excluding diaryl/α,β-unsaturated/α-hetero) is 1. The van der Waals surface area contributed by atoms with Crippen molar-refractivity contribution in [3.05, 3.63) is 34.3 Å². The molecule has 0 radical (unpaired) electrons. The van der Waals surface area contributed by atoms with E-state index in [2.05, 4.69) is 15.9 Å². The van der Waals surface area contributed by atoms with Gasteiger partial charge in [0, 0.05) is 10.0 Å². The summed E-state index contributed by atoms with van der Waals surface area (Å²) in [5.74, 6) is -0.725. The minimum atomic E-state index is -0.558. The van der Waals surface area contributed by atoms with Crippen LogP contribution in [0.25, 0.3) is 0 Å². The summed E-state index contributed by atoms with van der Waals surface area (Å²) >= 11 is 3.28. The Morgan fingerprint density at radius 1 is 1.18 bits per heavy atom. The lowest BCUT2D eigenvalue weighted by Gasteiger charge is -2.19. The Morgan fingerprint density at radius 2 is 1.71 bits per heavy atom. The fourth-order valence-corrected chi connectivity index (χ4v) is 1.51. The minimum absolute atomic E-state index is 0.223. The van der Waals surface area contributed by atoms with Crippen molar-refractivity contribution in [2.75, 3.05) is 0 Å². The van der Waals surface area contributed by atoms with Gasteiger partial charge in [0.25, 0.3) is 0 Å². The molecule has 0 aliphatic carbocycles. The van der Waals surface area contributed by atoms with Crippen molar-refractivity contribution in [2.45, 2.75) is 32.8 Å². The molecule has 0 amide bonds. The van der Waals surface area contributed by atoms with Gasteiger partial charge < -0.3 is 4.74 Å². The number of benzene rings is 1. The van der Waals surface area contributed by atoms with Crippen LogP contribution in [0, 0.1) is 0 Å². The highest BCUT2D eigenvalue weighted by Crippen LogP contribution is 2.13. The lowest BCUT2D eigenvalue weighted by Crippen LogP contribution is -2.25. The van der Waals surface area contributed by atoms with E-state index in [1.807, 2.05) is 0 Å². The van der Waals surface area contributed by atoms with E-state index in [1.165, 1.54) is 0 Å². The van der Waals surface area contributed by atoms with Gasteiger partial charge in [0.15, 0.2) is 5.78 Å². The second kappa shape index (κ2) is 5.45. The zero-order valence-electron chi connectivity index (χ0n) is 10.1. The van der Waals surface area contributed by atoms with Gasteiger partial charge in [-0.15, -0.1) is 0 Å². The second-order valence-electron chi connectivity index (χ2n) is 4.69. The van der Waals surface area contributed by atoms with Crippen LogP contribution in [0.5, 0.6) is 0 Å². The molecular weight excluding hydrogens is 284 g/mol. The largest absolute Gasteiger partial charge is 0.460 e. The summed E-state index contributed by atoms with van der Waals surface area (Å²) in [4.78, 5) is 23.2. The molecule has 1 rings (SSSR count). The minimum Gasteiger partial charge on any atom is -0.460 e. The molecule has 3 nitrogen and oxygen atoms in total. The first kappa shape index (κ1) is 13.9. The van der Waals surface area contributed by atoms with E-state index in [0.717, 1.165) is 4.47 Å². The average Bonchev–Trinajstić information content (AvgIpc) is 2.15. The molecule has 0 heterocycles.